The lowest BCUT2D eigenvalue weighted by molar-refractivity contribution is 0.734. The fraction of sp³-hybridized carbons (Fsp3) is 0.278. The van der Waals surface area contributed by atoms with E-state index in [1.807, 2.05) is 6.07 Å². The van der Waals surface area contributed by atoms with E-state index in [1.165, 1.54) is 16.8 Å². The van der Waals surface area contributed by atoms with E-state index >= 15 is 0 Å². The molecule has 0 radical (unpaired) electrons. The summed E-state index contributed by atoms with van der Waals surface area (Å²) in [7, 11) is 0. The summed E-state index contributed by atoms with van der Waals surface area (Å²) in [6.07, 6.45) is 1.11. The zero-order valence-corrected chi connectivity index (χ0v) is 11.7. The van der Waals surface area contributed by atoms with Crippen LogP contribution < -0.4 is 0 Å². The fourth-order valence-electron chi connectivity index (χ4n) is 2.09. The van der Waals surface area contributed by atoms with Crippen LogP contribution in [0.4, 0.5) is 0 Å². The van der Waals surface area contributed by atoms with Gasteiger partial charge in [0.25, 0.3) is 0 Å². The van der Waals surface area contributed by atoms with Crippen LogP contribution >= 0.6 is 0 Å². The van der Waals surface area contributed by atoms with Crippen LogP contribution in [0.15, 0.2) is 65.7 Å². The van der Waals surface area contributed by atoms with Crippen LogP contribution in [0.1, 0.15) is 31.4 Å². The van der Waals surface area contributed by atoms with E-state index in [9.17, 15) is 0 Å². The zero-order valence-electron chi connectivity index (χ0n) is 11.7. The van der Waals surface area contributed by atoms with E-state index in [-0.39, 0.29) is 0 Å². The second-order valence-corrected chi connectivity index (χ2v) is 4.86. The third-order valence-corrected chi connectivity index (χ3v) is 3.42. The molecule has 0 aliphatic rings. The van der Waals surface area contributed by atoms with Gasteiger partial charge < -0.3 is 0 Å². The van der Waals surface area contributed by atoms with Crippen LogP contribution in [0.3, 0.4) is 0 Å². The Balaban J connectivity index is 2.23. The maximum Gasteiger partial charge on any atom is 0.0643 e. The average molecular weight is 251 g/mol. The summed E-state index contributed by atoms with van der Waals surface area (Å²) in [5.41, 5.74) is 3.72. The lowest BCUT2D eigenvalue weighted by atomic mass is 9.96. The van der Waals surface area contributed by atoms with Crippen molar-refractivity contribution in [2.45, 2.75) is 26.8 Å². The largest absolute Gasteiger partial charge is 0.284 e. The highest BCUT2D eigenvalue weighted by Crippen LogP contribution is 2.14. The van der Waals surface area contributed by atoms with Gasteiger partial charge in [-0.05, 0) is 23.5 Å². The number of benzene rings is 2. The van der Waals surface area contributed by atoms with Crippen molar-refractivity contribution in [3.05, 3.63) is 71.8 Å². The van der Waals surface area contributed by atoms with Gasteiger partial charge in [-0.3, -0.25) is 4.99 Å². The molecule has 0 saturated heterocycles. The predicted octanol–water partition coefficient (Wildman–Crippen LogP) is 4.72. The highest BCUT2D eigenvalue weighted by Gasteiger charge is 2.10. The monoisotopic (exact) mass is 251 g/mol. The minimum Gasteiger partial charge on any atom is -0.284 e. The Labute approximate surface area is 116 Å². The molecule has 19 heavy (non-hydrogen) atoms. The predicted molar refractivity (Wildman–Crippen MR) is 82.6 cm³/mol. The first-order valence-electron chi connectivity index (χ1n) is 6.95. The van der Waals surface area contributed by atoms with E-state index < -0.39 is 0 Å². The number of hydrogen-bond acceptors (Lipinski definition) is 1. The van der Waals surface area contributed by atoms with Gasteiger partial charge in [-0.25, -0.2) is 0 Å². The van der Waals surface area contributed by atoms with E-state index in [1.54, 1.807) is 0 Å². The first-order valence-corrected chi connectivity index (χ1v) is 6.95. The number of hydrogen-bond donors (Lipinski definition) is 0. The van der Waals surface area contributed by atoms with E-state index in [0.717, 1.165) is 13.0 Å². The second kappa shape index (κ2) is 6.89. The van der Waals surface area contributed by atoms with Crippen LogP contribution in [0.2, 0.25) is 0 Å². The molecule has 0 N–H and O–H groups in total. The molecule has 1 nitrogen and oxygen atoms in total. The Morgan fingerprint density at radius 3 is 2.11 bits per heavy atom. The molecule has 0 aliphatic carbocycles. The van der Waals surface area contributed by atoms with Gasteiger partial charge in [0.2, 0.25) is 0 Å². The number of rotatable bonds is 5. The molecule has 1 unspecified atom stereocenters. The van der Waals surface area contributed by atoms with Gasteiger partial charge in [0, 0.05) is 5.71 Å². The number of aliphatic imine (C=N–C) groups is 1. The molecule has 0 heterocycles. The summed E-state index contributed by atoms with van der Waals surface area (Å²) in [5.74, 6) is 0.492. The van der Waals surface area contributed by atoms with Crippen molar-refractivity contribution in [2.24, 2.45) is 10.9 Å². The summed E-state index contributed by atoms with van der Waals surface area (Å²) >= 11 is 0. The molecule has 98 valence electrons. The molecule has 0 saturated carbocycles. The molecule has 0 aliphatic heterocycles. The molecule has 2 rings (SSSR count). The minimum atomic E-state index is 0.492. The standard InChI is InChI=1S/C18H21N/c1-3-15(2)18(17-12-8-5-9-13-17)19-14-16-10-6-4-7-11-16/h4-13,15H,3,14H2,1-2H3. The summed E-state index contributed by atoms with van der Waals surface area (Å²) in [4.78, 5) is 4.85. The summed E-state index contributed by atoms with van der Waals surface area (Å²) in [6, 6.07) is 20.9. The third kappa shape index (κ3) is 3.78. The Hall–Kier alpha value is -1.89. The molecule has 0 amide bonds. The molecular weight excluding hydrogens is 230 g/mol. The Morgan fingerprint density at radius 2 is 1.53 bits per heavy atom. The Morgan fingerprint density at radius 1 is 0.947 bits per heavy atom. The van der Waals surface area contributed by atoms with Gasteiger partial charge in [-0.2, -0.15) is 0 Å². The van der Waals surface area contributed by atoms with E-state index in [4.69, 9.17) is 4.99 Å². The van der Waals surface area contributed by atoms with Crippen molar-refractivity contribution >= 4 is 5.71 Å². The van der Waals surface area contributed by atoms with Crippen molar-refractivity contribution in [3.63, 3.8) is 0 Å². The molecule has 0 aromatic heterocycles. The lowest BCUT2D eigenvalue weighted by Crippen LogP contribution is -2.12. The van der Waals surface area contributed by atoms with Gasteiger partial charge >= 0.3 is 0 Å². The lowest BCUT2D eigenvalue weighted by Gasteiger charge is -2.13. The van der Waals surface area contributed by atoms with Gasteiger partial charge in [0.05, 0.1) is 6.54 Å². The van der Waals surface area contributed by atoms with Crippen LogP contribution in [0.5, 0.6) is 0 Å². The molecule has 0 fully saturated rings. The quantitative estimate of drug-likeness (QED) is 0.682. The molecule has 0 spiro atoms. The maximum atomic E-state index is 4.85. The Kier molecular flexibility index (Phi) is 4.91. The number of nitrogens with zero attached hydrogens (tertiary/aromatic N) is 1. The SMILES string of the molecule is CCC(C)C(=NCc1ccccc1)c1ccccc1. The smallest absolute Gasteiger partial charge is 0.0643 e. The van der Waals surface area contributed by atoms with Crippen molar-refractivity contribution < 1.29 is 0 Å². The third-order valence-electron chi connectivity index (χ3n) is 3.42. The van der Waals surface area contributed by atoms with Crippen LogP contribution in [-0.2, 0) is 6.54 Å². The van der Waals surface area contributed by atoms with Gasteiger partial charge in [-0.1, -0.05) is 74.5 Å². The first kappa shape index (κ1) is 13.5. The Bertz CT molecular complexity index is 514. The van der Waals surface area contributed by atoms with Gasteiger partial charge in [-0.15, -0.1) is 0 Å². The fourth-order valence-corrected chi connectivity index (χ4v) is 2.09. The molecule has 1 atom stereocenters. The topological polar surface area (TPSA) is 12.4 Å². The molecule has 2 aromatic carbocycles. The summed E-state index contributed by atoms with van der Waals surface area (Å²) in [6.45, 7) is 5.22. The summed E-state index contributed by atoms with van der Waals surface area (Å²) < 4.78 is 0. The molecule has 2 aromatic rings. The first-order chi connectivity index (χ1) is 9.31. The van der Waals surface area contributed by atoms with E-state index in [0.29, 0.717) is 5.92 Å². The van der Waals surface area contributed by atoms with Gasteiger partial charge in [0.15, 0.2) is 0 Å². The van der Waals surface area contributed by atoms with Crippen molar-refractivity contribution in [3.8, 4) is 0 Å². The molecular formula is C18H21N. The molecule has 1 heteroatoms. The van der Waals surface area contributed by atoms with Crippen molar-refractivity contribution in [1.29, 1.82) is 0 Å². The van der Waals surface area contributed by atoms with Crippen LogP contribution in [0.25, 0.3) is 0 Å². The van der Waals surface area contributed by atoms with Gasteiger partial charge in [0.1, 0.15) is 0 Å². The molecule has 0 bridgehead atoms. The highest BCUT2D eigenvalue weighted by molar-refractivity contribution is 6.02. The minimum absolute atomic E-state index is 0.492. The highest BCUT2D eigenvalue weighted by atomic mass is 14.7. The zero-order chi connectivity index (χ0) is 13.5. The van der Waals surface area contributed by atoms with Crippen LogP contribution in [-0.4, -0.2) is 5.71 Å². The summed E-state index contributed by atoms with van der Waals surface area (Å²) in [5, 5.41) is 0. The van der Waals surface area contributed by atoms with Crippen LogP contribution in [0, 0.1) is 5.92 Å². The van der Waals surface area contributed by atoms with Crippen molar-refractivity contribution in [2.75, 3.05) is 0 Å². The maximum absolute atomic E-state index is 4.85. The second-order valence-electron chi connectivity index (χ2n) is 4.86. The van der Waals surface area contributed by atoms with E-state index in [2.05, 4.69) is 68.4 Å². The van der Waals surface area contributed by atoms with Crippen molar-refractivity contribution in [1.82, 2.24) is 0 Å². The normalized spacial score (nSPS) is 13.3. The average Bonchev–Trinajstić information content (AvgIpc) is 2.49.